The molecule has 0 radical (unpaired) electrons. The summed E-state index contributed by atoms with van der Waals surface area (Å²) in [6.07, 6.45) is 5.51. The number of halogens is 2. The predicted octanol–water partition coefficient (Wildman–Crippen LogP) is 3.90. The van der Waals surface area contributed by atoms with E-state index in [0.717, 1.165) is 48.8 Å². The minimum Gasteiger partial charge on any atom is -0.444 e. The normalized spacial score (nSPS) is 17.0. The molecule has 0 saturated carbocycles. The van der Waals surface area contributed by atoms with Gasteiger partial charge in [0.05, 0.1) is 25.0 Å². The minimum atomic E-state index is -0.817. The van der Waals surface area contributed by atoms with Crippen LogP contribution in [0.15, 0.2) is 36.8 Å². The summed E-state index contributed by atoms with van der Waals surface area (Å²) in [6, 6.07) is 5.59. The Labute approximate surface area is 201 Å². The maximum absolute atomic E-state index is 12.9. The lowest BCUT2D eigenvalue weighted by atomic mass is 9.95. The highest BCUT2D eigenvalue weighted by Crippen LogP contribution is 2.34. The molecule has 0 spiro atoms. The third kappa shape index (κ3) is 4.42. The molecule has 2 aromatic heterocycles. The maximum Gasteiger partial charge on any atom is 0.410 e. The monoisotopic (exact) mass is 485 g/mol. The highest BCUT2D eigenvalue weighted by molar-refractivity contribution is 6.30. The molecule has 1 fully saturated rings. The van der Waals surface area contributed by atoms with Crippen LogP contribution in [0.1, 0.15) is 42.9 Å². The number of ether oxygens (including phenoxy) is 1. The molecule has 1 aromatic carbocycles. The lowest BCUT2D eigenvalue weighted by molar-refractivity contribution is 0.0547. The number of rotatable bonds is 4. The van der Waals surface area contributed by atoms with Gasteiger partial charge in [-0.25, -0.2) is 14.2 Å². The van der Waals surface area contributed by atoms with Gasteiger partial charge >= 0.3 is 6.09 Å². The van der Waals surface area contributed by atoms with E-state index in [9.17, 15) is 9.18 Å². The first-order valence-corrected chi connectivity index (χ1v) is 11.7. The van der Waals surface area contributed by atoms with Gasteiger partial charge in [0, 0.05) is 36.4 Å². The standard InChI is InChI=1S/C23H25ClFN7O2/c1-15(11-25)34-23(33)31-13-17-10-18(24)2-3-19(17)32-21(14-31)28-29-22(32)16-4-8-30(9-5-16)20-12-26-6-7-27-20/h2-3,6-7,10,12,15-16H,4-5,8-9,11,13-14H2,1H3/t15-/m0/s1. The summed E-state index contributed by atoms with van der Waals surface area (Å²) in [5.41, 5.74) is 1.75. The van der Waals surface area contributed by atoms with Gasteiger partial charge in [0.15, 0.2) is 5.82 Å². The second kappa shape index (κ2) is 9.54. The summed E-state index contributed by atoms with van der Waals surface area (Å²) < 4.78 is 20.2. The molecule has 34 heavy (non-hydrogen) atoms. The Morgan fingerprint density at radius 1 is 1.24 bits per heavy atom. The van der Waals surface area contributed by atoms with Crippen molar-refractivity contribution in [2.45, 2.75) is 44.9 Å². The second-order valence-electron chi connectivity index (χ2n) is 8.61. The highest BCUT2D eigenvalue weighted by atomic mass is 35.5. The average molecular weight is 486 g/mol. The second-order valence-corrected chi connectivity index (χ2v) is 9.05. The van der Waals surface area contributed by atoms with Crippen LogP contribution in [-0.2, 0) is 17.8 Å². The van der Waals surface area contributed by atoms with E-state index in [1.807, 2.05) is 22.8 Å². The van der Waals surface area contributed by atoms with Gasteiger partial charge in [0.2, 0.25) is 0 Å². The molecule has 4 heterocycles. The number of piperidine rings is 1. The first-order chi connectivity index (χ1) is 16.5. The van der Waals surface area contributed by atoms with Gasteiger partial charge in [-0.15, -0.1) is 10.2 Å². The fourth-order valence-corrected chi connectivity index (χ4v) is 4.71. The largest absolute Gasteiger partial charge is 0.444 e. The van der Waals surface area contributed by atoms with Crippen molar-refractivity contribution in [1.29, 1.82) is 0 Å². The van der Waals surface area contributed by atoms with Crippen LogP contribution in [0.3, 0.4) is 0 Å². The quantitative estimate of drug-likeness (QED) is 0.553. The zero-order chi connectivity index (χ0) is 23.7. The van der Waals surface area contributed by atoms with E-state index in [1.165, 1.54) is 11.8 Å². The molecular formula is C23H25ClFN7O2. The Morgan fingerprint density at radius 2 is 2.06 bits per heavy atom. The van der Waals surface area contributed by atoms with Crippen LogP contribution in [0, 0.1) is 0 Å². The Morgan fingerprint density at radius 3 is 2.79 bits per heavy atom. The zero-order valence-corrected chi connectivity index (χ0v) is 19.5. The summed E-state index contributed by atoms with van der Waals surface area (Å²) in [6.45, 7) is 2.93. The third-order valence-corrected chi connectivity index (χ3v) is 6.48. The van der Waals surface area contributed by atoms with Crippen molar-refractivity contribution < 1.29 is 13.9 Å². The Hall–Kier alpha value is -3.27. The van der Waals surface area contributed by atoms with Gasteiger partial charge in [-0.2, -0.15) is 0 Å². The van der Waals surface area contributed by atoms with E-state index < -0.39 is 18.9 Å². The van der Waals surface area contributed by atoms with Crippen molar-refractivity contribution in [3.8, 4) is 5.69 Å². The van der Waals surface area contributed by atoms with Crippen molar-refractivity contribution in [3.63, 3.8) is 0 Å². The molecule has 1 amide bonds. The number of alkyl halides is 1. The number of anilines is 1. The molecule has 0 N–H and O–H groups in total. The van der Waals surface area contributed by atoms with Crippen molar-refractivity contribution in [2.75, 3.05) is 24.7 Å². The first-order valence-electron chi connectivity index (χ1n) is 11.3. The van der Waals surface area contributed by atoms with Gasteiger partial charge in [0.1, 0.15) is 24.4 Å². The number of benzene rings is 1. The molecule has 0 unspecified atom stereocenters. The predicted molar refractivity (Wildman–Crippen MR) is 124 cm³/mol. The van der Waals surface area contributed by atoms with Crippen molar-refractivity contribution in [1.82, 2.24) is 29.6 Å². The number of amides is 1. The molecule has 5 rings (SSSR count). The smallest absolute Gasteiger partial charge is 0.410 e. The fraction of sp³-hybridized carbons (Fsp3) is 0.435. The molecule has 178 valence electrons. The minimum absolute atomic E-state index is 0.197. The highest BCUT2D eigenvalue weighted by Gasteiger charge is 2.32. The van der Waals surface area contributed by atoms with Crippen LogP contribution in [0.2, 0.25) is 5.02 Å². The van der Waals surface area contributed by atoms with Crippen LogP contribution in [0.5, 0.6) is 0 Å². The maximum atomic E-state index is 12.9. The molecule has 1 saturated heterocycles. The average Bonchev–Trinajstić information content (AvgIpc) is 3.20. The first kappa shape index (κ1) is 22.5. The molecule has 3 aromatic rings. The number of aromatic nitrogens is 5. The van der Waals surface area contributed by atoms with E-state index >= 15 is 0 Å². The van der Waals surface area contributed by atoms with Crippen LogP contribution >= 0.6 is 11.6 Å². The number of carbonyl (C=O) groups is 1. The third-order valence-electron chi connectivity index (χ3n) is 6.24. The Balaban J connectivity index is 1.43. The van der Waals surface area contributed by atoms with Crippen LogP contribution in [0.4, 0.5) is 15.0 Å². The molecular weight excluding hydrogens is 461 g/mol. The molecule has 11 heteroatoms. The lowest BCUT2D eigenvalue weighted by Crippen LogP contribution is -2.34. The zero-order valence-electron chi connectivity index (χ0n) is 18.8. The summed E-state index contributed by atoms with van der Waals surface area (Å²) in [5.74, 6) is 2.57. The lowest BCUT2D eigenvalue weighted by Gasteiger charge is -2.32. The van der Waals surface area contributed by atoms with E-state index in [2.05, 4.69) is 25.1 Å². The molecule has 2 aliphatic heterocycles. The van der Waals surface area contributed by atoms with Gasteiger partial charge < -0.3 is 9.64 Å². The van der Waals surface area contributed by atoms with Crippen LogP contribution in [-0.4, -0.2) is 61.6 Å². The van der Waals surface area contributed by atoms with Gasteiger partial charge in [-0.05, 0) is 43.5 Å². The molecule has 9 nitrogen and oxygen atoms in total. The van der Waals surface area contributed by atoms with E-state index in [4.69, 9.17) is 16.3 Å². The SMILES string of the molecule is C[C@@H](CF)OC(=O)N1Cc2cc(Cl)ccc2-n2c(nnc2C2CCN(c3cnccn3)CC2)C1. The van der Waals surface area contributed by atoms with Gasteiger partial charge in [0.25, 0.3) is 0 Å². The fourth-order valence-electron chi connectivity index (χ4n) is 4.52. The van der Waals surface area contributed by atoms with E-state index in [-0.39, 0.29) is 19.0 Å². The Kier molecular flexibility index (Phi) is 6.32. The summed E-state index contributed by atoms with van der Waals surface area (Å²) in [5, 5.41) is 9.56. The topological polar surface area (TPSA) is 89.3 Å². The molecule has 1 atom stereocenters. The number of hydrogen-bond donors (Lipinski definition) is 0. The summed E-state index contributed by atoms with van der Waals surface area (Å²) >= 11 is 6.29. The van der Waals surface area contributed by atoms with Gasteiger partial charge in [-0.1, -0.05) is 11.6 Å². The van der Waals surface area contributed by atoms with Crippen LogP contribution < -0.4 is 4.90 Å². The summed E-state index contributed by atoms with van der Waals surface area (Å²) in [7, 11) is 0. The number of fused-ring (bicyclic) bond motifs is 3. The van der Waals surface area contributed by atoms with E-state index in [1.54, 1.807) is 18.6 Å². The number of nitrogens with zero attached hydrogens (tertiary/aromatic N) is 7. The van der Waals surface area contributed by atoms with Crippen LogP contribution in [0.25, 0.3) is 5.69 Å². The molecule has 2 aliphatic rings. The number of hydrogen-bond acceptors (Lipinski definition) is 7. The molecule has 0 aliphatic carbocycles. The van der Waals surface area contributed by atoms with E-state index in [0.29, 0.717) is 10.8 Å². The number of carbonyl (C=O) groups excluding carboxylic acids is 1. The molecule has 0 bridgehead atoms. The van der Waals surface area contributed by atoms with Crippen molar-refractivity contribution in [3.05, 3.63) is 59.0 Å². The Bertz CT molecular complexity index is 1170. The van der Waals surface area contributed by atoms with Crippen molar-refractivity contribution in [2.24, 2.45) is 0 Å². The summed E-state index contributed by atoms with van der Waals surface area (Å²) in [4.78, 5) is 25.0. The van der Waals surface area contributed by atoms with Gasteiger partial charge in [-0.3, -0.25) is 14.5 Å². The van der Waals surface area contributed by atoms with Crippen molar-refractivity contribution >= 4 is 23.5 Å².